The van der Waals surface area contributed by atoms with Crippen molar-refractivity contribution in [1.82, 2.24) is 5.32 Å². The average Bonchev–Trinajstić information content (AvgIpc) is 2.36. The number of aliphatic imine (C=N–C) groups is 1. The van der Waals surface area contributed by atoms with Crippen LogP contribution in [-0.2, 0) is 6.42 Å². The molecule has 3 heteroatoms. The summed E-state index contributed by atoms with van der Waals surface area (Å²) in [7, 11) is 0. The van der Waals surface area contributed by atoms with Crippen molar-refractivity contribution in [2.75, 3.05) is 13.1 Å². The lowest BCUT2D eigenvalue weighted by molar-refractivity contribution is 0.723. The van der Waals surface area contributed by atoms with E-state index in [1.54, 1.807) is 0 Å². The minimum atomic E-state index is 0.567. The molecular formula is C14H23N3. The quantitative estimate of drug-likeness (QED) is 0.431. The van der Waals surface area contributed by atoms with Crippen LogP contribution >= 0.6 is 0 Å². The largest absolute Gasteiger partial charge is 0.370 e. The van der Waals surface area contributed by atoms with Crippen molar-refractivity contribution in [1.29, 1.82) is 0 Å². The van der Waals surface area contributed by atoms with Crippen molar-refractivity contribution < 1.29 is 0 Å². The van der Waals surface area contributed by atoms with Crippen LogP contribution in [0, 0.1) is 0 Å². The molecule has 94 valence electrons. The monoisotopic (exact) mass is 233 g/mol. The van der Waals surface area contributed by atoms with Crippen LogP contribution in [0.25, 0.3) is 0 Å². The maximum atomic E-state index is 5.76. The van der Waals surface area contributed by atoms with E-state index in [1.807, 2.05) is 6.07 Å². The van der Waals surface area contributed by atoms with Crippen LogP contribution in [0.3, 0.4) is 0 Å². The summed E-state index contributed by atoms with van der Waals surface area (Å²) in [6.07, 6.45) is 4.54. The fraction of sp³-hybridized carbons (Fsp3) is 0.500. The van der Waals surface area contributed by atoms with Gasteiger partial charge in [-0.2, -0.15) is 0 Å². The number of hydrogen-bond acceptors (Lipinski definition) is 1. The molecule has 0 aliphatic heterocycles. The highest BCUT2D eigenvalue weighted by Gasteiger charge is 1.93. The highest BCUT2D eigenvalue weighted by atomic mass is 15.1. The number of rotatable bonds is 7. The van der Waals surface area contributed by atoms with E-state index in [-0.39, 0.29) is 0 Å². The highest BCUT2D eigenvalue weighted by molar-refractivity contribution is 5.77. The molecule has 3 N–H and O–H groups in total. The Morgan fingerprint density at radius 3 is 2.71 bits per heavy atom. The van der Waals surface area contributed by atoms with Gasteiger partial charge in [0.15, 0.2) is 5.96 Å². The van der Waals surface area contributed by atoms with Crippen LogP contribution in [0.4, 0.5) is 0 Å². The summed E-state index contributed by atoms with van der Waals surface area (Å²) in [5, 5.41) is 3.14. The van der Waals surface area contributed by atoms with E-state index in [9.17, 15) is 0 Å². The Labute approximate surface area is 104 Å². The van der Waals surface area contributed by atoms with E-state index < -0.39 is 0 Å². The summed E-state index contributed by atoms with van der Waals surface area (Å²) in [6, 6.07) is 10.4. The Morgan fingerprint density at radius 2 is 2.00 bits per heavy atom. The molecule has 0 amide bonds. The number of unbranched alkanes of at least 4 members (excludes halogenated alkanes) is 2. The Hall–Kier alpha value is -1.51. The lowest BCUT2D eigenvalue weighted by Crippen LogP contribution is -2.33. The van der Waals surface area contributed by atoms with Gasteiger partial charge in [-0.3, -0.25) is 4.99 Å². The molecule has 0 aliphatic rings. The van der Waals surface area contributed by atoms with Gasteiger partial charge in [0.2, 0.25) is 0 Å². The van der Waals surface area contributed by atoms with Crippen molar-refractivity contribution in [3.05, 3.63) is 35.9 Å². The first-order valence-corrected chi connectivity index (χ1v) is 6.40. The van der Waals surface area contributed by atoms with Gasteiger partial charge in [-0.1, -0.05) is 50.1 Å². The van der Waals surface area contributed by atoms with Gasteiger partial charge in [0.05, 0.1) is 0 Å². The zero-order valence-electron chi connectivity index (χ0n) is 10.7. The van der Waals surface area contributed by atoms with Gasteiger partial charge in [-0.05, 0) is 18.4 Å². The minimum Gasteiger partial charge on any atom is -0.370 e. The van der Waals surface area contributed by atoms with Crippen molar-refractivity contribution >= 4 is 5.96 Å². The molecule has 0 fully saturated rings. The van der Waals surface area contributed by atoms with E-state index in [0.717, 1.165) is 25.9 Å². The fourth-order valence-corrected chi connectivity index (χ4v) is 1.60. The van der Waals surface area contributed by atoms with Crippen molar-refractivity contribution in [3.8, 4) is 0 Å². The topological polar surface area (TPSA) is 50.4 Å². The molecule has 0 aliphatic carbocycles. The van der Waals surface area contributed by atoms with Gasteiger partial charge in [-0.15, -0.1) is 0 Å². The molecule has 0 unspecified atom stereocenters. The van der Waals surface area contributed by atoms with Crippen LogP contribution in [0.1, 0.15) is 31.7 Å². The van der Waals surface area contributed by atoms with E-state index in [0.29, 0.717) is 5.96 Å². The number of hydrogen-bond donors (Lipinski definition) is 2. The Kier molecular flexibility index (Phi) is 6.87. The summed E-state index contributed by atoms with van der Waals surface area (Å²) in [5.74, 6) is 0.567. The number of nitrogens with one attached hydrogen (secondary N) is 1. The third kappa shape index (κ3) is 6.61. The summed E-state index contributed by atoms with van der Waals surface area (Å²) < 4.78 is 0. The number of nitrogens with zero attached hydrogens (tertiary/aromatic N) is 1. The predicted octanol–water partition coefficient (Wildman–Crippen LogP) is 2.32. The zero-order chi connectivity index (χ0) is 12.3. The average molecular weight is 233 g/mol. The number of nitrogens with two attached hydrogens (primary N) is 1. The lowest BCUT2D eigenvalue weighted by Gasteiger charge is -2.05. The second kappa shape index (κ2) is 8.62. The fourth-order valence-electron chi connectivity index (χ4n) is 1.60. The standard InChI is InChI=1S/C14H23N3/c1-2-3-7-11-16-14(15)17-12-10-13-8-5-4-6-9-13/h4-6,8-9H,2-3,7,10-12H2,1H3,(H3,15,16,17). The second-order valence-electron chi connectivity index (χ2n) is 4.14. The molecule has 0 heterocycles. The smallest absolute Gasteiger partial charge is 0.188 e. The molecule has 0 radical (unpaired) electrons. The molecule has 1 aromatic carbocycles. The molecular weight excluding hydrogens is 210 g/mol. The first kappa shape index (κ1) is 13.6. The van der Waals surface area contributed by atoms with Crippen molar-refractivity contribution in [3.63, 3.8) is 0 Å². The van der Waals surface area contributed by atoms with E-state index in [1.165, 1.54) is 18.4 Å². The molecule has 3 nitrogen and oxygen atoms in total. The molecule has 0 spiro atoms. The summed E-state index contributed by atoms with van der Waals surface area (Å²) in [5.41, 5.74) is 7.08. The minimum absolute atomic E-state index is 0.567. The van der Waals surface area contributed by atoms with Crippen molar-refractivity contribution in [2.24, 2.45) is 10.7 Å². The van der Waals surface area contributed by atoms with E-state index in [4.69, 9.17) is 5.73 Å². The first-order valence-electron chi connectivity index (χ1n) is 6.40. The third-order valence-electron chi connectivity index (χ3n) is 2.61. The molecule has 0 atom stereocenters. The summed E-state index contributed by atoms with van der Waals surface area (Å²) >= 11 is 0. The molecule has 0 saturated carbocycles. The maximum absolute atomic E-state index is 5.76. The number of benzene rings is 1. The Morgan fingerprint density at radius 1 is 1.24 bits per heavy atom. The van der Waals surface area contributed by atoms with Gasteiger partial charge >= 0.3 is 0 Å². The molecule has 0 aromatic heterocycles. The van der Waals surface area contributed by atoms with Crippen LogP contribution < -0.4 is 11.1 Å². The predicted molar refractivity (Wildman–Crippen MR) is 74.2 cm³/mol. The Balaban J connectivity index is 2.13. The van der Waals surface area contributed by atoms with Gasteiger partial charge in [0.25, 0.3) is 0 Å². The van der Waals surface area contributed by atoms with Gasteiger partial charge in [-0.25, -0.2) is 0 Å². The van der Waals surface area contributed by atoms with Gasteiger partial charge in [0, 0.05) is 13.1 Å². The first-order chi connectivity index (χ1) is 8.33. The van der Waals surface area contributed by atoms with Gasteiger partial charge < -0.3 is 11.1 Å². The lowest BCUT2D eigenvalue weighted by atomic mass is 10.1. The molecule has 0 saturated heterocycles. The van der Waals surface area contributed by atoms with E-state index in [2.05, 4.69) is 41.5 Å². The Bertz CT molecular complexity index is 319. The second-order valence-corrected chi connectivity index (χ2v) is 4.14. The van der Waals surface area contributed by atoms with Gasteiger partial charge in [0.1, 0.15) is 0 Å². The molecule has 0 bridgehead atoms. The van der Waals surface area contributed by atoms with Crippen molar-refractivity contribution in [2.45, 2.75) is 32.6 Å². The summed E-state index contributed by atoms with van der Waals surface area (Å²) in [6.45, 7) is 3.86. The molecule has 1 aromatic rings. The zero-order valence-corrected chi connectivity index (χ0v) is 10.7. The van der Waals surface area contributed by atoms with Crippen LogP contribution in [0.5, 0.6) is 0 Å². The molecule has 1 rings (SSSR count). The highest BCUT2D eigenvalue weighted by Crippen LogP contribution is 1.98. The van der Waals surface area contributed by atoms with Crippen LogP contribution in [-0.4, -0.2) is 19.0 Å². The third-order valence-corrected chi connectivity index (χ3v) is 2.61. The van der Waals surface area contributed by atoms with Crippen LogP contribution in [0.2, 0.25) is 0 Å². The van der Waals surface area contributed by atoms with Crippen LogP contribution in [0.15, 0.2) is 35.3 Å². The number of guanidine groups is 1. The van der Waals surface area contributed by atoms with E-state index >= 15 is 0 Å². The normalized spacial score (nSPS) is 11.5. The maximum Gasteiger partial charge on any atom is 0.188 e. The molecule has 17 heavy (non-hydrogen) atoms. The summed E-state index contributed by atoms with van der Waals surface area (Å²) in [4.78, 5) is 4.28. The SMILES string of the molecule is CCCCCN=C(N)NCCc1ccccc1.